The van der Waals surface area contributed by atoms with Crippen LogP contribution in [0.25, 0.3) is 0 Å². The molecule has 134 valence electrons. The van der Waals surface area contributed by atoms with Crippen LogP contribution in [0.2, 0.25) is 0 Å². The molecule has 3 rings (SSSR count). The van der Waals surface area contributed by atoms with Crippen molar-refractivity contribution in [3.63, 3.8) is 0 Å². The summed E-state index contributed by atoms with van der Waals surface area (Å²) in [6.07, 6.45) is 0.929. The number of para-hydroxylation sites is 1. The van der Waals surface area contributed by atoms with Crippen LogP contribution in [0.15, 0.2) is 28.8 Å². The van der Waals surface area contributed by atoms with Gasteiger partial charge in [-0.05, 0) is 38.8 Å². The summed E-state index contributed by atoms with van der Waals surface area (Å²) in [6.45, 7) is 9.37. The Hall–Kier alpha value is -2.30. The van der Waals surface area contributed by atoms with Gasteiger partial charge in [-0.2, -0.15) is 0 Å². The largest absolute Gasteiger partial charge is 0.372 e. The highest BCUT2D eigenvalue weighted by Crippen LogP contribution is 2.31. The maximum absolute atomic E-state index is 13.4. The standard InChI is InChI=1S/C20H27N3O2/c1-6-17-12-22(5)18-10-8-7-9-16(18)11-23(17)20(24)13(2)19-14(3)21-25-15(19)4/h7-10,13,17H,6,11-12H2,1-5H3/t13-,17+/m1/s1. The van der Waals surface area contributed by atoms with E-state index in [1.165, 1.54) is 11.3 Å². The van der Waals surface area contributed by atoms with E-state index in [-0.39, 0.29) is 17.9 Å². The van der Waals surface area contributed by atoms with Gasteiger partial charge in [0.25, 0.3) is 0 Å². The predicted molar refractivity (Wildman–Crippen MR) is 98.7 cm³/mol. The molecule has 1 aromatic carbocycles. The van der Waals surface area contributed by atoms with E-state index in [9.17, 15) is 4.79 Å². The molecule has 0 radical (unpaired) electrons. The summed E-state index contributed by atoms with van der Waals surface area (Å²) in [5.74, 6) is 0.626. The van der Waals surface area contributed by atoms with Crippen molar-refractivity contribution in [2.75, 3.05) is 18.5 Å². The molecular weight excluding hydrogens is 314 g/mol. The molecule has 0 spiro atoms. The summed E-state index contributed by atoms with van der Waals surface area (Å²) in [5.41, 5.74) is 4.13. The molecule has 0 saturated heterocycles. The van der Waals surface area contributed by atoms with Crippen molar-refractivity contribution in [3.8, 4) is 0 Å². The van der Waals surface area contributed by atoms with E-state index < -0.39 is 0 Å². The molecule has 5 heteroatoms. The number of nitrogens with zero attached hydrogens (tertiary/aromatic N) is 3. The SMILES string of the molecule is CC[C@H]1CN(C)c2ccccc2CN1C(=O)[C@H](C)c1c(C)noc1C. The minimum atomic E-state index is -0.254. The number of hydrogen-bond acceptors (Lipinski definition) is 4. The third-order valence-corrected chi connectivity index (χ3v) is 5.32. The molecule has 25 heavy (non-hydrogen) atoms. The normalized spacial score (nSPS) is 18.7. The van der Waals surface area contributed by atoms with Crippen LogP contribution >= 0.6 is 0 Å². The maximum atomic E-state index is 13.4. The number of anilines is 1. The second-order valence-electron chi connectivity index (χ2n) is 7.00. The van der Waals surface area contributed by atoms with E-state index in [0.29, 0.717) is 6.54 Å². The number of rotatable bonds is 3. The molecular formula is C20H27N3O2. The minimum Gasteiger partial charge on any atom is -0.372 e. The lowest BCUT2D eigenvalue weighted by Gasteiger charge is -2.32. The Bertz CT molecular complexity index is 749. The van der Waals surface area contributed by atoms with Crippen LogP contribution in [0.5, 0.6) is 0 Å². The van der Waals surface area contributed by atoms with E-state index in [4.69, 9.17) is 4.52 Å². The Morgan fingerprint density at radius 2 is 2.08 bits per heavy atom. The summed E-state index contributed by atoms with van der Waals surface area (Å²) in [5, 5.41) is 4.02. The summed E-state index contributed by atoms with van der Waals surface area (Å²) >= 11 is 0. The van der Waals surface area contributed by atoms with Crippen molar-refractivity contribution >= 4 is 11.6 Å². The lowest BCUT2D eigenvalue weighted by Crippen LogP contribution is -2.45. The van der Waals surface area contributed by atoms with Gasteiger partial charge in [0, 0.05) is 37.4 Å². The third kappa shape index (κ3) is 3.15. The van der Waals surface area contributed by atoms with Crippen molar-refractivity contribution in [1.29, 1.82) is 0 Å². The van der Waals surface area contributed by atoms with Gasteiger partial charge >= 0.3 is 0 Å². The number of aromatic nitrogens is 1. The number of carbonyl (C=O) groups is 1. The summed E-state index contributed by atoms with van der Waals surface area (Å²) in [7, 11) is 2.10. The van der Waals surface area contributed by atoms with Gasteiger partial charge in [-0.25, -0.2) is 0 Å². The quantitative estimate of drug-likeness (QED) is 0.855. The first kappa shape index (κ1) is 17.5. The zero-order valence-electron chi connectivity index (χ0n) is 15.7. The maximum Gasteiger partial charge on any atom is 0.230 e. The Labute approximate surface area is 149 Å². The number of likely N-dealkylation sites (N-methyl/N-ethyl adjacent to an activating group) is 1. The molecule has 1 amide bonds. The minimum absolute atomic E-state index is 0.145. The zero-order valence-corrected chi connectivity index (χ0v) is 15.7. The van der Waals surface area contributed by atoms with Crippen molar-refractivity contribution in [3.05, 3.63) is 46.8 Å². The first-order valence-electron chi connectivity index (χ1n) is 8.96. The summed E-state index contributed by atoms with van der Waals surface area (Å²) < 4.78 is 5.28. The van der Waals surface area contributed by atoms with E-state index in [0.717, 1.165) is 30.0 Å². The molecule has 0 aliphatic carbocycles. The number of benzene rings is 1. The van der Waals surface area contributed by atoms with Gasteiger partial charge in [-0.15, -0.1) is 0 Å². The molecule has 0 N–H and O–H groups in total. The average Bonchev–Trinajstić information content (AvgIpc) is 2.86. The van der Waals surface area contributed by atoms with E-state index in [1.54, 1.807) is 0 Å². The lowest BCUT2D eigenvalue weighted by atomic mass is 9.96. The number of fused-ring (bicyclic) bond motifs is 1. The van der Waals surface area contributed by atoms with E-state index in [1.807, 2.05) is 31.7 Å². The van der Waals surface area contributed by atoms with Crippen LogP contribution in [0, 0.1) is 13.8 Å². The van der Waals surface area contributed by atoms with Gasteiger partial charge in [-0.3, -0.25) is 4.79 Å². The Balaban J connectivity index is 1.95. The number of carbonyl (C=O) groups excluding carboxylic acids is 1. The fraction of sp³-hybridized carbons (Fsp3) is 0.500. The van der Waals surface area contributed by atoms with Gasteiger partial charge in [0.15, 0.2) is 0 Å². The Morgan fingerprint density at radius 3 is 2.72 bits per heavy atom. The van der Waals surface area contributed by atoms with Gasteiger partial charge in [0.2, 0.25) is 5.91 Å². The highest BCUT2D eigenvalue weighted by molar-refractivity contribution is 5.84. The molecule has 1 aliphatic heterocycles. The van der Waals surface area contributed by atoms with Gasteiger partial charge in [-0.1, -0.05) is 30.3 Å². The smallest absolute Gasteiger partial charge is 0.230 e. The van der Waals surface area contributed by atoms with Crippen molar-refractivity contribution < 1.29 is 9.32 Å². The first-order chi connectivity index (χ1) is 11.9. The van der Waals surface area contributed by atoms with Crippen LogP contribution in [-0.2, 0) is 11.3 Å². The van der Waals surface area contributed by atoms with Crippen LogP contribution in [0.1, 0.15) is 48.8 Å². The first-order valence-corrected chi connectivity index (χ1v) is 8.96. The number of aryl methyl sites for hydroxylation is 2. The van der Waals surface area contributed by atoms with Crippen LogP contribution in [0.4, 0.5) is 5.69 Å². The molecule has 0 fully saturated rings. The van der Waals surface area contributed by atoms with Gasteiger partial charge in [0.1, 0.15) is 5.76 Å². The lowest BCUT2D eigenvalue weighted by molar-refractivity contribution is -0.135. The average molecular weight is 341 g/mol. The molecule has 1 aromatic heterocycles. The number of amides is 1. The van der Waals surface area contributed by atoms with Gasteiger partial charge in [0.05, 0.1) is 11.6 Å². The molecule has 2 atom stereocenters. The monoisotopic (exact) mass is 341 g/mol. The Kier molecular flexibility index (Phi) is 4.84. The Morgan fingerprint density at radius 1 is 1.36 bits per heavy atom. The summed E-state index contributed by atoms with van der Waals surface area (Å²) in [4.78, 5) is 17.7. The highest BCUT2D eigenvalue weighted by Gasteiger charge is 2.33. The van der Waals surface area contributed by atoms with Gasteiger partial charge < -0.3 is 14.3 Å². The number of hydrogen-bond donors (Lipinski definition) is 0. The van der Waals surface area contributed by atoms with Crippen LogP contribution in [0.3, 0.4) is 0 Å². The molecule has 2 heterocycles. The molecule has 0 saturated carbocycles. The van der Waals surface area contributed by atoms with Crippen LogP contribution in [-0.4, -0.2) is 35.6 Å². The molecule has 0 unspecified atom stereocenters. The summed E-state index contributed by atoms with van der Waals surface area (Å²) in [6, 6.07) is 8.53. The topological polar surface area (TPSA) is 49.6 Å². The molecule has 0 bridgehead atoms. The fourth-order valence-corrected chi connectivity index (χ4v) is 3.93. The third-order valence-electron chi connectivity index (χ3n) is 5.32. The van der Waals surface area contributed by atoms with E-state index in [2.05, 4.69) is 42.2 Å². The van der Waals surface area contributed by atoms with Crippen molar-refractivity contribution in [1.82, 2.24) is 10.1 Å². The van der Waals surface area contributed by atoms with Crippen LogP contribution < -0.4 is 4.90 Å². The second kappa shape index (κ2) is 6.90. The van der Waals surface area contributed by atoms with Crippen molar-refractivity contribution in [2.24, 2.45) is 0 Å². The highest BCUT2D eigenvalue weighted by atomic mass is 16.5. The van der Waals surface area contributed by atoms with E-state index >= 15 is 0 Å². The fourth-order valence-electron chi connectivity index (χ4n) is 3.93. The second-order valence-corrected chi connectivity index (χ2v) is 7.00. The molecule has 5 nitrogen and oxygen atoms in total. The molecule has 2 aromatic rings. The zero-order chi connectivity index (χ0) is 18.1. The molecule has 1 aliphatic rings. The van der Waals surface area contributed by atoms with Crippen molar-refractivity contribution in [2.45, 2.75) is 52.6 Å². The predicted octanol–water partition coefficient (Wildman–Crippen LogP) is 3.65.